The van der Waals surface area contributed by atoms with Gasteiger partial charge in [-0.15, -0.1) is 0 Å². The van der Waals surface area contributed by atoms with Crippen LogP contribution in [0.4, 0.5) is 5.69 Å². The van der Waals surface area contributed by atoms with E-state index in [1.807, 2.05) is 18.2 Å². The van der Waals surface area contributed by atoms with Crippen LogP contribution in [0.5, 0.6) is 0 Å². The van der Waals surface area contributed by atoms with Gasteiger partial charge in [0.2, 0.25) is 0 Å². The highest BCUT2D eigenvalue weighted by Gasteiger charge is 2.06. The van der Waals surface area contributed by atoms with Gasteiger partial charge in [0.05, 0.1) is 0 Å². The molecule has 0 spiro atoms. The standard InChI is InChI=1S/C11H16BrNOS/c1-2-3-7-15(14)8-9-5-4-6-10(13)11(9)12/h4-6H,2-3,7-8,13H2,1H3. The molecule has 0 bridgehead atoms. The third kappa shape index (κ3) is 3.95. The van der Waals surface area contributed by atoms with E-state index in [4.69, 9.17) is 5.73 Å². The minimum Gasteiger partial charge on any atom is -0.398 e. The number of halogens is 1. The zero-order valence-corrected chi connectivity index (χ0v) is 11.2. The Labute approximate surface area is 102 Å². The predicted molar refractivity (Wildman–Crippen MR) is 70.2 cm³/mol. The zero-order chi connectivity index (χ0) is 11.3. The molecule has 0 aliphatic carbocycles. The predicted octanol–water partition coefficient (Wildman–Crippen LogP) is 3.08. The average Bonchev–Trinajstić information content (AvgIpc) is 2.22. The van der Waals surface area contributed by atoms with Gasteiger partial charge in [-0.1, -0.05) is 25.5 Å². The summed E-state index contributed by atoms with van der Waals surface area (Å²) < 4.78 is 12.6. The molecule has 84 valence electrons. The summed E-state index contributed by atoms with van der Waals surface area (Å²) in [5.41, 5.74) is 7.49. The fraction of sp³-hybridized carbons (Fsp3) is 0.455. The lowest BCUT2D eigenvalue weighted by Gasteiger charge is -2.06. The second-order valence-electron chi connectivity index (χ2n) is 3.46. The van der Waals surface area contributed by atoms with Gasteiger partial charge in [0.25, 0.3) is 0 Å². The van der Waals surface area contributed by atoms with Gasteiger partial charge in [0.1, 0.15) is 0 Å². The molecule has 0 heterocycles. The molecule has 1 unspecified atom stereocenters. The molecule has 2 nitrogen and oxygen atoms in total. The molecule has 15 heavy (non-hydrogen) atoms. The highest BCUT2D eigenvalue weighted by Crippen LogP contribution is 2.24. The van der Waals surface area contributed by atoms with E-state index < -0.39 is 10.8 Å². The number of hydrogen-bond acceptors (Lipinski definition) is 2. The highest BCUT2D eigenvalue weighted by atomic mass is 79.9. The summed E-state index contributed by atoms with van der Waals surface area (Å²) in [6, 6.07) is 5.69. The maximum absolute atomic E-state index is 11.7. The van der Waals surface area contributed by atoms with Crippen molar-refractivity contribution in [3.8, 4) is 0 Å². The minimum atomic E-state index is -0.775. The summed E-state index contributed by atoms with van der Waals surface area (Å²) >= 11 is 3.42. The SMILES string of the molecule is CCCCS(=O)Cc1cccc(N)c1Br. The Morgan fingerprint density at radius 1 is 1.47 bits per heavy atom. The highest BCUT2D eigenvalue weighted by molar-refractivity contribution is 9.10. The van der Waals surface area contributed by atoms with E-state index in [9.17, 15) is 4.21 Å². The van der Waals surface area contributed by atoms with E-state index in [2.05, 4.69) is 22.9 Å². The van der Waals surface area contributed by atoms with Crippen LogP contribution in [-0.4, -0.2) is 9.96 Å². The second kappa shape index (κ2) is 6.28. The first-order chi connectivity index (χ1) is 7.15. The van der Waals surface area contributed by atoms with Gasteiger partial charge in [-0.05, 0) is 34.0 Å². The van der Waals surface area contributed by atoms with Crippen molar-refractivity contribution in [3.05, 3.63) is 28.2 Å². The van der Waals surface area contributed by atoms with Gasteiger partial charge in [0.15, 0.2) is 0 Å². The molecular weight excluding hydrogens is 274 g/mol. The summed E-state index contributed by atoms with van der Waals surface area (Å²) in [7, 11) is -0.775. The molecule has 1 atom stereocenters. The Hall–Kier alpha value is -0.350. The summed E-state index contributed by atoms with van der Waals surface area (Å²) in [6.45, 7) is 2.10. The smallest absolute Gasteiger partial charge is 0.0497 e. The molecule has 1 aromatic rings. The number of nitrogens with two attached hydrogens (primary N) is 1. The molecule has 0 aromatic heterocycles. The maximum atomic E-state index is 11.7. The van der Waals surface area contributed by atoms with Crippen molar-refractivity contribution in [3.63, 3.8) is 0 Å². The van der Waals surface area contributed by atoms with Crippen molar-refractivity contribution in [1.82, 2.24) is 0 Å². The van der Waals surface area contributed by atoms with Crippen LogP contribution in [0.25, 0.3) is 0 Å². The van der Waals surface area contributed by atoms with Crippen LogP contribution in [0.1, 0.15) is 25.3 Å². The van der Waals surface area contributed by atoms with Crippen LogP contribution in [0, 0.1) is 0 Å². The van der Waals surface area contributed by atoms with Crippen LogP contribution in [0.15, 0.2) is 22.7 Å². The molecule has 4 heteroatoms. The number of benzene rings is 1. The van der Waals surface area contributed by atoms with Crippen LogP contribution in [0.3, 0.4) is 0 Å². The maximum Gasteiger partial charge on any atom is 0.0497 e. The summed E-state index contributed by atoms with van der Waals surface area (Å²) in [4.78, 5) is 0. The molecule has 0 amide bonds. The number of nitrogen functional groups attached to an aromatic ring is 1. The van der Waals surface area contributed by atoms with Crippen LogP contribution in [0.2, 0.25) is 0 Å². The number of unbranched alkanes of at least 4 members (excludes halogenated alkanes) is 1. The van der Waals surface area contributed by atoms with Gasteiger partial charge < -0.3 is 5.73 Å². The summed E-state index contributed by atoms with van der Waals surface area (Å²) in [6.07, 6.45) is 2.11. The fourth-order valence-corrected chi connectivity index (χ4v) is 3.19. The third-order valence-electron chi connectivity index (χ3n) is 2.15. The van der Waals surface area contributed by atoms with Crippen molar-refractivity contribution < 1.29 is 4.21 Å². The third-order valence-corrected chi connectivity index (χ3v) is 4.49. The summed E-state index contributed by atoms with van der Waals surface area (Å²) in [5.74, 6) is 1.36. The Morgan fingerprint density at radius 3 is 2.87 bits per heavy atom. The Bertz CT molecular complexity index is 354. The molecule has 0 saturated heterocycles. The number of hydrogen-bond donors (Lipinski definition) is 1. The summed E-state index contributed by atoms with van der Waals surface area (Å²) in [5, 5.41) is 0. The van der Waals surface area contributed by atoms with Gasteiger partial charge in [-0.2, -0.15) is 0 Å². The van der Waals surface area contributed by atoms with E-state index in [1.165, 1.54) is 0 Å². The molecule has 0 aliphatic heterocycles. The van der Waals surface area contributed by atoms with E-state index in [0.29, 0.717) is 11.4 Å². The largest absolute Gasteiger partial charge is 0.398 e. The molecule has 0 radical (unpaired) electrons. The number of rotatable bonds is 5. The van der Waals surface area contributed by atoms with Crippen LogP contribution >= 0.6 is 15.9 Å². The van der Waals surface area contributed by atoms with E-state index in [-0.39, 0.29) is 0 Å². The van der Waals surface area contributed by atoms with Crippen LogP contribution in [-0.2, 0) is 16.6 Å². The van der Waals surface area contributed by atoms with Gasteiger partial charge in [-0.25, -0.2) is 0 Å². The van der Waals surface area contributed by atoms with Crippen molar-refractivity contribution >= 4 is 32.4 Å². The lowest BCUT2D eigenvalue weighted by Crippen LogP contribution is -2.02. The fourth-order valence-electron chi connectivity index (χ4n) is 1.26. The molecule has 2 N–H and O–H groups in total. The molecule has 0 saturated carbocycles. The normalized spacial score (nSPS) is 12.7. The van der Waals surface area contributed by atoms with Gasteiger partial charge in [-0.3, -0.25) is 4.21 Å². The monoisotopic (exact) mass is 289 g/mol. The first kappa shape index (κ1) is 12.7. The van der Waals surface area contributed by atoms with Crippen molar-refractivity contribution in [2.75, 3.05) is 11.5 Å². The van der Waals surface area contributed by atoms with Crippen molar-refractivity contribution in [2.24, 2.45) is 0 Å². The Morgan fingerprint density at radius 2 is 2.20 bits per heavy atom. The number of anilines is 1. The van der Waals surface area contributed by atoms with Gasteiger partial charge in [0, 0.05) is 32.5 Å². The first-order valence-electron chi connectivity index (χ1n) is 5.03. The van der Waals surface area contributed by atoms with Crippen LogP contribution < -0.4 is 5.73 Å². The second-order valence-corrected chi connectivity index (χ2v) is 5.83. The molecule has 1 rings (SSSR count). The average molecular weight is 290 g/mol. The molecule has 0 fully saturated rings. The minimum absolute atomic E-state index is 0.589. The van der Waals surface area contributed by atoms with E-state index in [0.717, 1.165) is 28.6 Å². The first-order valence-corrected chi connectivity index (χ1v) is 7.31. The van der Waals surface area contributed by atoms with E-state index in [1.54, 1.807) is 0 Å². The zero-order valence-electron chi connectivity index (χ0n) is 8.83. The lowest BCUT2D eigenvalue weighted by atomic mass is 10.2. The molecule has 0 aliphatic rings. The van der Waals surface area contributed by atoms with Crippen molar-refractivity contribution in [2.45, 2.75) is 25.5 Å². The Balaban J connectivity index is 2.64. The van der Waals surface area contributed by atoms with Gasteiger partial charge >= 0.3 is 0 Å². The topological polar surface area (TPSA) is 43.1 Å². The van der Waals surface area contributed by atoms with Crippen molar-refractivity contribution in [1.29, 1.82) is 0 Å². The quantitative estimate of drug-likeness (QED) is 0.847. The molecule has 1 aromatic carbocycles. The van der Waals surface area contributed by atoms with E-state index >= 15 is 0 Å². The Kier molecular flexibility index (Phi) is 5.32. The lowest BCUT2D eigenvalue weighted by molar-refractivity contribution is 0.679. The molecular formula is C11H16BrNOS.